The summed E-state index contributed by atoms with van der Waals surface area (Å²) in [7, 11) is 0. The molecule has 0 saturated carbocycles. The van der Waals surface area contributed by atoms with Gasteiger partial charge in [-0.15, -0.1) is 0 Å². The Kier molecular flexibility index (Phi) is 4.57. The lowest BCUT2D eigenvalue weighted by Crippen LogP contribution is -1.97. The third-order valence-electron chi connectivity index (χ3n) is 3.54. The lowest BCUT2D eigenvalue weighted by Gasteiger charge is -2.01. The van der Waals surface area contributed by atoms with E-state index >= 15 is 0 Å². The van der Waals surface area contributed by atoms with Crippen LogP contribution in [0.4, 0.5) is 0 Å². The van der Waals surface area contributed by atoms with Crippen molar-refractivity contribution in [3.05, 3.63) is 70.8 Å². The van der Waals surface area contributed by atoms with Crippen molar-refractivity contribution in [2.75, 3.05) is 0 Å². The summed E-state index contributed by atoms with van der Waals surface area (Å²) in [5.74, 6) is -0.805. The minimum absolute atomic E-state index is 0.0892. The molecular weight excluding hydrogens is 356 g/mol. The molecule has 0 saturated heterocycles. The van der Waals surface area contributed by atoms with Crippen molar-refractivity contribution in [1.29, 1.82) is 0 Å². The van der Waals surface area contributed by atoms with Crippen LogP contribution in [0.3, 0.4) is 0 Å². The van der Waals surface area contributed by atoms with Crippen LogP contribution in [0.5, 0.6) is 0 Å². The van der Waals surface area contributed by atoms with Crippen LogP contribution >= 0.6 is 15.9 Å². The molecule has 0 atom stereocenters. The van der Waals surface area contributed by atoms with E-state index in [1.807, 2.05) is 60.8 Å². The molecule has 0 aliphatic heterocycles. The minimum atomic E-state index is -0.805. The second-order valence-corrected chi connectivity index (χ2v) is 6.10. The summed E-state index contributed by atoms with van der Waals surface area (Å²) < 4.78 is 2.80. The number of aliphatic carboxylic acids is 1. The maximum Gasteiger partial charge on any atom is 0.303 e. The second-order valence-electron chi connectivity index (χ2n) is 5.18. The van der Waals surface area contributed by atoms with Crippen LogP contribution < -0.4 is 0 Å². The molecule has 0 unspecified atom stereocenters. The van der Waals surface area contributed by atoms with Gasteiger partial charge in [0.05, 0.1) is 11.4 Å². The molecule has 0 spiro atoms. The summed E-state index contributed by atoms with van der Waals surface area (Å²) in [6.07, 6.45) is 2.45. The van der Waals surface area contributed by atoms with Crippen LogP contribution in [0.1, 0.15) is 12.0 Å². The first kappa shape index (κ1) is 15.5. The van der Waals surface area contributed by atoms with Crippen molar-refractivity contribution in [3.8, 4) is 16.9 Å². The quantitative estimate of drug-likeness (QED) is 0.727. The van der Waals surface area contributed by atoms with Gasteiger partial charge >= 0.3 is 5.97 Å². The standard InChI is InChI=1S/C18H15BrN2O2/c19-15-7-9-16(10-8-15)21-12-14(6-11-17(22)23)18(20-21)13-4-2-1-3-5-13/h1-5,7-10,12H,6,11H2,(H,22,23). The largest absolute Gasteiger partial charge is 0.481 e. The molecule has 1 aromatic heterocycles. The van der Waals surface area contributed by atoms with Gasteiger partial charge in [0, 0.05) is 22.7 Å². The molecule has 23 heavy (non-hydrogen) atoms. The summed E-state index contributed by atoms with van der Waals surface area (Å²) in [6, 6.07) is 17.7. The number of benzene rings is 2. The Hall–Kier alpha value is -2.40. The summed E-state index contributed by atoms with van der Waals surface area (Å²) >= 11 is 3.42. The molecule has 0 radical (unpaired) electrons. The topological polar surface area (TPSA) is 55.1 Å². The van der Waals surface area contributed by atoms with Crippen molar-refractivity contribution in [2.24, 2.45) is 0 Å². The van der Waals surface area contributed by atoms with Crippen LogP contribution in [-0.4, -0.2) is 20.9 Å². The number of rotatable bonds is 5. The lowest BCUT2D eigenvalue weighted by atomic mass is 10.0. The van der Waals surface area contributed by atoms with Crippen molar-refractivity contribution in [1.82, 2.24) is 9.78 Å². The monoisotopic (exact) mass is 370 g/mol. The number of halogens is 1. The third kappa shape index (κ3) is 3.68. The van der Waals surface area contributed by atoms with Gasteiger partial charge in [0.15, 0.2) is 0 Å². The highest BCUT2D eigenvalue weighted by molar-refractivity contribution is 9.10. The fourth-order valence-corrected chi connectivity index (χ4v) is 2.66. The molecule has 4 nitrogen and oxygen atoms in total. The minimum Gasteiger partial charge on any atom is -0.481 e. The molecule has 3 rings (SSSR count). The molecular formula is C18H15BrN2O2. The van der Waals surface area contributed by atoms with E-state index in [1.54, 1.807) is 4.68 Å². The summed E-state index contributed by atoms with van der Waals surface area (Å²) in [5, 5.41) is 13.6. The summed E-state index contributed by atoms with van der Waals surface area (Å²) in [6.45, 7) is 0. The Morgan fingerprint density at radius 1 is 1.09 bits per heavy atom. The van der Waals surface area contributed by atoms with Crippen LogP contribution in [0.15, 0.2) is 65.3 Å². The average molecular weight is 371 g/mol. The van der Waals surface area contributed by atoms with Crippen molar-refractivity contribution >= 4 is 21.9 Å². The van der Waals surface area contributed by atoms with Gasteiger partial charge in [-0.3, -0.25) is 4.79 Å². The van der Waals surface area contributed by atoms with Crippen LogP contribution in [-0.2, 0) is 11.2 Å². The Balaban J connectivity index is 2.02. The van der Waals surface area contributed by atoms with Crippen molar-refractivity contribution in [2.45, 2.75) is 12.8 Å². The van der Waals surface area contributed by atoms with Gasteiger partial charge in [-0.25, -0.2) is 4.68 Å². The lowest BCUT2D eigenvalue weighted by molar-refractivity contribution is -0.136. The van der Waals surface area contributed by atoms with Crippen LogP contribution in [0.25, 0.3) is 16.9 Å². The van der Waals surface area contributed by atoms with E-state index in [0.717, 1.165) is 27.0 Å². The van der Waals surface area contributed by atoms with Gasteiger partial charge in [0.2, 0.25) is 0 Å². The highest BCUT2D eigenvalue weighted by Gasteiger charge is 2.13. The maximum atomic E-state index is 10.9. The Morgan fingerprint density at radius 2 is 1.78 bits per heavy atom. The van der Waals surface area contributed by atoms with E-state index < -0.39 is 5.97 Å². The Bertz CT molecular complexity index is 811. The number of hydrogen-bond acceptors (Lipinski definition) is 2. The number of aromatic nitrogens is 2. The first-order valence-electron chi connectivity index (χ1n) is 7.25. The van der Waals surface area contributed by atoms with E-state index in [1.165, 1.54) is 0 Å². The predicted octanol–water partition coefficient (Wildman–Crippen LogP) is 4.32. The van der Waals surface area contributed by atoms with Gasteiger partial charge in [-0.1, -0.05) is 46.3 Å². The molecule has 0 bridgehead atoms. The van der Waals surface area contributed by atoms with E-state index in [0.29, 0.717) is 6.42 Å². The average Bonchev–Trinajstić information content (AvgIpc) is 2.98. The fourth-order valence-electron chi connectivity index (χ4n) is 2.40. The number of hydrogen-bond donors (Lipinski definition) is 1. The molecule has 0 fully saturated rings. The smallest absolute Gasteiger partial charge is 0.303 e. The molecule has 5 heteroatoms. The molecule has 0 amide bonds. The zero-order valence-electron chi connectivity index (χ0n) is 12.3. The van der Waals surface area contributed by atoms with Crippen molar-refractivity contribution in [3.63, 3.8) is 0 Å². The van der Waals surface area contributed by atoms with Gasteiger partial charge in [-0.2, -0.15) is 5.10 Å². The first-order valence-corrected chi connectivity index (χ1v) is 8.04. The van der Waals surface area contributed by atoms with E-state index in [-0.39, 0.29) is 6.42 Å². The molecule has 0 aliphatic carbocycles. The van der Waals surface area contributed by atoms with Crippen LogP contribution in [0, 0.1) is 0 Å². The maximum absolute atomic E-state index is 10.9. The predicted molar refractivity (Wildman–Crippen MR) is 92.7 cm³/mol. The van der Waals surface area contributed by atoms with Crippen molar-refractivity contribution < 1.29 is 9.90 Å². The highest BCUT2D eigenvalue weighted by atomic mass is 79.9. The second kappa shape index (κ2) is 6.79. The summed E-state index contributed by atoms with van der Waals surface area (Å²) in [4.78, 5) is 10.9. The number of carboxylic acids is 1. The van der Waals surface area contributed by atoms with E-state index in [9.17, 15) is 4.79 Å². The first-order chi connectivity index (χ1) is 11.1. The normalized spacial score (nSPS) is 10.7. The molecule has 3 aromatic rings. The third-order valence-corrected chi connectivity index (χ3v) is 4.07. The number of aryl methyl sites for hydroxylation is 1. The Morgan fingerprint density at radius 3 is 2.43 bits per heavy atom. The number of carboxylic acid groups (broad SMARTS) is 1. The molecule has 1 N–H and O–H groups in total. The molecule has 2 aromatic carbocycles. The zero-order chi connectivity index (χ0) is 16.2. The molecule has 1 heterocycles. The molecule has 116 valence electrons. The zero-order valence-corrected chi connectivity index (χ0v) is 13.9. The number of carbonyl (C=O) groups is 1. The van der Waals surface area contributed by atoms with E-state index in [4.69, 9.17) is 5.11 Å². The summed E-state index contributed by atoms with van der Waals surface area (Å²) in [5.41, 5.74) is 3.69. The SMILES string of the molecule is O=C(O)CCc1cn(-c2ccc(Br)cc2)nc1-c1ccccc1. The molecule has 0 aliphatic rings. The fraction of sp³-hybridized carbons (Fsp3) is 0.111. The van der Waals surface area contributed by atoms with Crippen LogP contribution in [0.2, 0.25) is 0 Å². The van der Waals surface area contributed by atoms with E-state index in [2.05, 4.69) is 21.0 Å². The van der Waals surface area contributed by atoms with Gasteiger partial charge in [-0.05, 0) is 36.2 Å². The van der Waals surface area contributed by atoms with Gasteiger partial charge in [0.1, 0.15) is 0 Å². The van der Waals surface area contributed by atoms with Gasteiger partial charge < -0.3 is 5.11 Å². The van der Waals surface area contributed by atoms with Gasteiger partial charge in [0.25, 0.3) is 0 Å². The number of nitrogens with zero attached hydrogens (tertiary/aromatic N) is 2. The Labute approximate surface area is 142 Å². The highest BCUT2D eigenvalue weighted by Crippen LogP contribution is 2.25.